The van der Waals surface area contributed by atoms with E-state index in [1.807, 2.05) is 6.92 Å². The number of hydrogen-bond acceptors (Lipinski definition) is 2. The van der Waals surface area contributed by atoms with Crippen LogP contribution in [0.2, 0.25) is 0 Å². The molecule has 2 nitrogen and oxygen atoms in total. The molecule has 0 bridgehead atoms. The Morgan fingerprint density at radius 1 is 0.667 bits per heavy atom. The molecule has 0 amide bonds. The molecule has 3 N–H and O–H groups in total. The van der Waals surface area contributed by atoms with Gasteiger partial charge in [0.1, 0.15) is 0 Å². The summed E-state index contributed by atoms with van der Waals surface area (Å²) in [6.45, 7) is 4.32. The van der Waals surface area contributed by atoms with Crippen LogP contribution in [-0.2, 0) is 0 Å². The minimum atomic E-state index is -0.364. The first-order valence-corrected chi connectivity index (χ1v) is 9.52. The van der Waals surface area contributed by atoms with Gasteiger partial charge in [-0.15, -0.1) is 0 Å². The van der Waals surface area contributed by atoms with Crippen LogP contribution >= 0.6 is 0 Å². The predicted octanol–water partition coefficient (Wildman–Crippen LogP) is 5.57. The highest BCUT2D eigenvalue weighted by Gasteiger charge is 2.15. The van der Waals surface area contributed by atoms with E-state index in [-0.39, 0.29) is 12.1 Å². The zero-order chi connectivity index (χ0) is 15.8. The maximum atomic E-state index is 9.07. The largest absolute Gasteiger partial charge is 0.394 e. The van der Waals surface area contributed by atoms with Gasteiger partial charge in [-0.05, 0) is 13.3 Å². The molecule has 0 aromatic rings. The first-order chi connectivity index (χ1) is 10.1. The van der Waals surface area contributed by atoms with Gasteiger partial charge in [0.15, 0.2) is 0 Å². The van der Waals surface area contributed by atoms with E-state index in [4.69, 9.17) is 10.8 Å². The summed E-state index contributed by atoms with van der Waals surface area (Å²) in [6.07, 6.45) is 20.3. The Bertz CT molecular complexity index is 204. The van der Waals surface area contributed by atoms with E-state index in [0.29, 0.717) is 0 Å². The summed E-state index contributed by atoms with van der Waals surface area (Å²) in [7, 11) is 0. The van der Waals surface area contributed by atoms with Crippen LogP contribution in [0, 0.1) is 0 Å². The van der Waals surface area contributed by atoms with Crippen molar-refractivity contribution in [1.29, 1.82) is 0 Å². The van der Waals surface area contributed by atoms with Gasteiger partial charge in [-0.2, -0.15) is 0 Å². The molecule has 0 aliphatic heterocycles. The van der Waals surface area contributed by atoms with Gasteiger partial charge in [0.2, 0.25) is 0 Å². The number of aliphatic hydroxyl groups excluding tert-OH is 1. The highest BCUT2D eigenvalue weighted by molar-refractivity contribution is 4.76. The molecule has 0 aliphatic carbocycles. The maximum absolute atomic E-state index is 9.07. The van der Waals surface area contributed by atoms with E-state index in [1.54, 1.807) is 0 Å². The van der Waals surface area contributed by atoms with E-state index in [9.17, 15) is 0 Å². The van der Waals surface area contributed by atoms with E-state index in [0.717, 1.165) is 12.8 Å². The fourth-order valence-electron chi connectivity index (χ4n) is 2.80. The molecule has 0 heterocycles. The number of nitrogens with two attached hydrogens (primary N) is 1. The molecule has 128 valence electrons. The van der Waals surface area contributed by atoms with Crippen LogP contribution in [0.25, 0.3) is 0 Å². The van der Waals surface area contributed by atoms with Gasteiger partial charge in [-0.1, -0.05) is 96.8 Å². The molecular formula is C19H41NO. The van der Waals surface area contributed by atoms with Gasteiger partial charge in [0, 0.05) is 5.54 Å². The van der Waals surface area contributed by atoms with Crippen LogP contribution < -0.4 is 5.73 Å². The first-order valence-electron chi connectivity index (χ1n) is 9.52. The zero-order valence-corrected chi connectivity index (χ0v) is 14.8. The lowest BCUT2D eigenvalue weighted by atomic mass is 9.96. The van der Waals surface area contributed by atoms with Crippen LogP contribution in [-0.4, -0.2) is 17.3 Å². The second-order valence-corrected chi connectivity index (χ2v) is 7.16. The standard InChI is InChI=1S/C19H41NO/c1-3-4-5-6-7-8-9-10-11-12-13-14-15-16-17-19(2,20)18-21/h21H,3-18,20H2,1-2H3. The summed E-state index contributed by atoms with van der Waals surface area (Å²) in [5, 5.41) is 9.07. The molecule has 21 heavy (non-hydrogen) atoms. The minimum absolute atomic E-state index is 0.103. The fraction of sp³-hybridized carbons (Fsp3) is 1.00. The zero-order valence-electron chi connectivity index (χ0n) is 14.8. The highest BCUT2D eigenvalue weighted by Crippen LogP contribution is 2.15. The lowest BCUT2D eigenvalue weighted by Gasteiger charge is -2.21. The number of hydrogen-bond donors (Lipinski definition) is 2. The Morgan fingerprint density at radius 3 is 1.33 bits per heavy atom. The van der Waals surface area contributed by atoms with E-state index in [1.165, 1.54) is 83.5 Å². The Kier molecular flexibility index (Phi) is 14.8. The monoisotopic (exact) mass is 299 g/mol. The fourth-order valence-corrected chi connectivity index (χ4v) is 2.80. The summed E-state index contributed by atoms with van der Waals surface area (Å²) < 4.78 is 0. The van der Waals surface area contributed by atoms with Crippen molar-refractivity contribution in [1.82, 2.24) is 0 Å². The third-order valence-corrected chi connectivity index (χ3v) is 4.46. The molecule has 1 unspecified atom stereocenters. The topological polar surface area (TPSA) is 46.2 Å². The van der Waals surface area contributed by atoms with Crippen molar-refractivity contribution in [3.63, 3.8) is 0 Å². The van der Waals surface area contributed by atoms with E-state index < -0.39 is 0 Å². The number of aliphatic hydroxyl groups is 1. The quantitative estimate of drug-likeness (QED) is 0.366. The maximum Gasteiger partial charge on any atom is 0.0608 e. The van der Waals surface area contributed by atoms with Crippen molar-refractivity contribution in [2.24, 2.45) is 5.73 Å². The van der Waals surface area contributed by atoms with Crippen molar-refractivity contribution >= 4 is 0 Å². The van der Waals surface area contributed by atoms with Gasteiger partial charge in [0.25, 0.3) is 0 Å². The molecular weight excluding hydrogens is 258 g/mol. The van der Waals surface area contributed by atoms with Crippen LogP contribution in [0.15, 0.2) is 0 Å². The molecule has 2 heteroatoms. The summed E-state index contributed by atoms with van der Waals surface area (Å²) in [5.74, 6) is 0. The SMILES string of the molecule is CCCCCCCCCCCCCCCCC(C)(N)CO. The third-order valence-electron chi connectivity index (χ3n) is 4.46. The van der Waals surface area contributed by atoms with Crippen molar-refractivity contribution in [3.8, 4) is 0 Å². The highest BCUT2D eigenvalue weighted by atomic mass is 16.3. The predicted molar refractivity (Wildman–Crippen MR) is 94.6 cm³/mol. The normalized spacial score (nSPS) is 14.3. The summed E-state index contributed by atoms with van der Waals surface area (Å²) >= 11 is 0. The molecule has 0 spiro atoms. The van der Waals surface area contributed by atoms with Crippen molar-refractivity contribution in [2.75, 3.05) is 6.61 Å². The first kappa shape index (κ1) is 20.9. The molecule has 0 radical (unpaired) electrons. The second kappa shape index (κ2) is 14.8. The second-order valence-electron chi connectivity index (χ2n) is 7.16. The van der Waals surface area contributed by atoms with Crippen LogP contribution in [0.4, 0.5) is 0 Å². The molecule has 0 fully saturated rings. The van der Waals surface area contributed by atoms with Crippen molar-refractivity contribution in [3.05, 3.63) is 0 Å². The van der Waals surface area contributed by atoms with Crippen molar-refractivity contribution < 1.29 is 5.11 Å². The molecule has 0 aliphatic rings. The Hall–Kier alpha value is -0.0800. The Labute approximate surface area is 133 Å². The van der Waals surface area contributed by atoms with Gasteiger partial charge >= 0.3 is 0 Å². The van der Waals surface area contributed by atoms with Gasteiger partial charge in [-0.25, -0.2) is 0 Å². The Morgan fingerprint density at radius 2 is 1.00 bits per heavy atom. The molecule has 1 atom stereocenters. The van der Waals surface area contributed by atoms with Gasteiger partial charge in [-0.3, -0.25) is 0 Å². The van der Waals surface area contributed by atoms with Gasteiger partial charge in [0.05, 0.1) is 6.61 Å². The molecule has 0 saturated carbocycles. The summed E-state index contributed by atoms with van der Waals surface area (Å²) in [5.41, 5.74) is 5.55. The smallest absolute Gasteiger partial charge is 0.0608 e. The third kappa shape index (κ3) is 16.1. The average molecular weight is 300 g/mol. The average Bonchev–Trinajstić information content (AvgIpc) is 2.47. The van der Waals surface area contributed by atoms with E-state index >= 15 is 0 Å². The lowest BCUT2D eigenvalue weighted by Crippen LogP contribution is -2.39. The molecule has 0 aromatic heterocycles. The van der Waals surface area contributed by atoms with Crippen LogP contribution in [0.1, 0.15) is 110 Å². The number of rotatable bonds is 16. The molecule has 0 aromatic carbocycles. The van der Waals surface area contributed by atoms with Crippen LogP contribution in [0.3, 0.4) is 0 Å². The number of unbranched alkanes of at least 4 members (excludes halogenated alkanes) is 13. The lowest BCUT2D eigenvalue weighted by molar-refractivity contribution is 0.197. The van der Waals surface area contributed by atoms with Gasteiger partial charge < -0.3 is 10.8 Å². The minimum Gasteiger partial charge on any atom is -0.394 e. The molecule has 0 saturated heterocycles. The summed E-state index contributed by atoms with van der Waals surface area (Å²) in [4.78, 5) is 0. The van der Waals surface area contributed by atoms with E-state index in [2.05, 4.69) is 6.92 Å². The molecule has 0 rings (SSSR count). The Balaban J connectivity index is 3.06. The summed E-state index contributed by atoms with van der Waals surface area (Å²) in [6, 6.07) is 0. The van der Waals surface area contributed by atoms with Crippen molar-refractivity contribution in [2.45, 2.75) is 116 Å². The van der Waals surface area contributed by atoms with Crippen LogP contribution in [0.5, 0.6) is 0 Å².